The van der Waals surface area contributed by atoms with Crippen molar-refractivity contribution in [1.82, 2.24) is 14.1 Å². The maximum Gasteiger partial charge on any atom is 0.140 e. The molecule has 162 valence electrons. The van der Waals surface area contributed by atoms with E-state index < -0.39 is 0 Å². The molecular weight excluding hydrogens is 550 g/mol. The molecule has 0 spiro atoms. The second-order valence-electron chi connectivity index (χ2n) is 8.38. The van der Waals surface area contributed by atoms with Gasteiger partial charge in [0.2, 0.25) is 0 Å². The van der Waals surface area contributed by atoms with Gasteiger partial charge in [0, 0.05) is 30.5 Å². The van der Waals surface area contributed by atoms with Gasteiger partial charge in [0.15, 0.2) is 0 Å². The lowest BCUT2D eigenvalue weighted by atomic mass is 10.2. The summed E-state index contributed by atoms with van der Waals surface area (Å²) in [5, 5.41) is 4.85. The molecule has 4 aromatic carbocycles. The number of rotatable bonds is 2. The highest BCUT2D eigenvalue weighted by molar-refractivity contribution is 9.10. The van der Waals surface area contributed by atoms with E-state index in [9.17, 15) is 0 Å². The van der Waals surface area contributed by atoms with Gasteiger partial charge in [-0.1, -0.05) is 74.3 Å². The summed E-state index contributed by atoms with van der Waals surface area (Å²) >= 11 is 7.28. The van der Waals surface area contributed by atoms with Gasteiger partial charge in [-0.2, -0.15) is 0 Å². The third-order valence-electron chi connectivity index (χ3n) is 6.45. The number of fused-ring (bicyclic) bond motifs is 6. The van der Waals surface area contributed by atoms with Gasteiger partial charge < -0.3 is 0 Å². The van der Waals surface area contributed by atoms with E-state index in [4.69, 9.17) is 4.98 Å². The van der Waals surface area contributed by atoms with E-state index in [-0.39, 0.29) is 0 Å². The molecule has 5 heteroatoms. The number of para-hydroxylation sites is 2. The number of pyridine rings is 1. The average molecular weight is 567 g/mol. The Morgan fingerprint density at radius 1 is 0.441 bits per heavy atom. The van der Waals surface area contributed by atoms with E-state index in [1.54, 1.807) is 0 Å². The third-order valence-corrected chi connectivity index (χ3v) is 7.43. The summed E-state index contributed by atoms with van der Waals surface area (Å²) in [6.45, 7) is 0. The number of halogens is 2. The topological polar surface area (TPSA) is 22.8 Å². The number of aromatic nitrogens is 3. The monoisotopic (exact) mass is 565 g/mol. The van der Waals surface area contributed by atoms with Crippen LogP contribution in [0.4, 0.5) is 0 Å². The first-order valence-corrected chi connectivity index (χ1v) is 12.6. The van der Waals surface area contributed by atoms with Crippen molar-refractivity contribution < 1.29 is 0 Å². The van der Waals surface area contributed by atoms with Crippen LogP contribution < -0.4 is 0 Å². The summed E-state index contributed by atoms with van der Waals surface area (Å²) < 4.78 is 6.65. The fourth-order valence-electron chi connectivity index (χ4n) is 5.05. The number of nitrogens with zero attached hydrogens (tertiary/aromatic N) is 3. The van der Waals surface area contributed by atoms with Crippen molar-refractivity contribution in [3.05, 3.63) is 112 Å². The van der Waals surface area contributed by atoms with Crippen molar-refractivity contribution >= 4 is 75.5 Å². The molecule has 0 aliphatic carbocycles. The standard InChI is InChI=1S/C29H17Br2N3/c30-18-12-14-26-22(16-18)20-6-1-3-8-24(20)33(26)28-10-5-11-29(32-28)34-25-9-4-2-7-21(25)23-17-19(31)13-15-27(23)34/h1-17H. The van der Waals surface area contributed by atoms with Gasteiger partial charge in [-0.25, -0.2) is 4.98 Å². The normalized spacial score (nSPS) is 11.8. The van der Waals surface area contributed by atoms with Crippen LogP contribution in [0.15, 0.2) is 112 Å². The van der Waals surface area contributed by atoms with Crippen molar-refractivity contribution in [2.24, 2.45) is 0 Å². The molecule has 7 rings (SSSR count). The molecule has 0 saturated heterocycles. The number of hydrogen-bond donors (Lipinski definition) is 0. The van der Waals surface area contributed by atoms with Crippen LogP contribution in [-0.2, 0) is 0 Å². The van der Waals surface area contributed by atoms with Gasteiger partial charge in [0.1, 0.15) is 11.6 Å². The first-order valence-electron chi connectivity index (χ1n) is 11.0. The molecule has 0 radical (unpaired) electrons. The molecule has 7 aromatic rings. The van der Waals surface area contributed by atoms with Crippen molar-refractivity contribution in [3.8, 4) is 11.6 Å². The molecule has 3 aromatic heterocycles. The molecular formula is C29H17Br2N3. The Morgan fingerprint density at radius 3 is 1.38 bits per heavy atom. The van der Waals surface area contributed by atoms with E-state index in [1.807, 2.05) is 0 Å². The highest BCUT2D eigenvalue weighted by atomic mass is 79.9. The van der Waals surface area contributed by atoms with E-state index >= 15 is 0 Å². The smallest absolute Gasteiger partial charge is 0.140 e. The van der Waals surface area contributed by atoms with Gasteiger partial charge >= 0.3 is 0 Å². The second-order valence-corrected chi connectivity index (χ2v) is 10.2. The van der Waals surface area contributed by atoms with Crippen LogP contribution in [0.25, 0.3) is 55.2 Å². The minimum atomic E-state index is 0.897. The molecule has 3 heterocycles. The molecule has 0 unspecified atom stereocenters. The number of benzene rings is 4. The van der Waals surface area contributed by atoms with Crippen LogP contribution in [0, 0.1) is 0 Å². The first kappa shape index (κ1) is 20.0. The van der Waals surface area contributed by atoms with Gasteiger partial charge in [-0.05, 0) is 60.7 Å². The van der Waals surface area contributed by atoms with E-state index in [2.05, 4.69) is 144 Å². The fraction of sp³-hybridized carbons (Fsp3) is 0. The zero-order valence-corrected chi connectivity index (χ0v) is 21.1. The van der Waals surface area contributed by atoms with Crippen molar-refractivity contribution in [3.63, 3.8) is 0 Å². The average Bonchev–Trinajstić information content (AvgIpc) is 3.36. The predicted molar refractivity (Wildman–Crippen MR) is 148 cm³/mol. The highest BCUT2D eigenvalue weighted by Gasteiger charge is 2.16. The highest BCUT2D eigenvalue weighted by Crippen LogP contribution is 2.35. The van der Waals surface area contributed by atoms with Gasteiger partial charge in [0.05, 0.1) is 22.1 Å². The Hall–Kier alpha value is -3.41. The maximum absolute atomic E-state index is 5.21. The summed E-state index contributed by atoms with van der Waals surface area (Å²) in [4.78, 5) is 5.21. The Balaban J connectivity index is 1.54. The van der Waals surface area contributed by atoms with Crippen molar-refractivity contribution in [2.75, 3.05) is 0 Å². The van der Waals surface area contributed by atoms with Crippen LogP contribution in [-0.4, -0.2) is 14.1 Å². The Kier molecular flexibility index (Phi) is 4.44. The summed E-state index contributed by atoms with van der Waals surface area (Å²) in [5.74, 6) is 1.79. The van der Waals surface area contributed by atoms with Crippen LogP contribution in [0.5, 0.6) is 0 Å². The Morgan fingerprint density at radius 2 is 0.882 bits per heavy atom. The van der Waals surface area contributed by atoms with Crippen molar-refractivity contribution in [2.45, 2.75) is 0 Å². The molecule has 0 amide bonds. The van der Waals surface area contributed by atoms with E-state index in [1.165, 1.54) is 21.5 Å². The fourth-order valence-corrected chi connectivity index (χ4v) is 5.77. The summed E-state index contributed by atoms with van der Waals surface area (Å²) in [5.41, 5.74) is 4.57. The van der Waals surface area contributed by atoms with Gasteiger partial charge in [-0.15, -0.1) is 0 Å². The molecule has 0 N–H and O–H groups in total. The van der Waals surface area contributed by atoms with Crippen LogP contribution in [0.3, 0.4) is 0 Å². The third kappa shape index (κ3) is 2.90. The summed E-state index contributed by atoms with van der Waals surface area (Å²) in [6, 6.07) is 36.2. The molecule has 0 atom stereocenters. The molecule has 0 aliphatic heterocycles. The lowest BCUT2D eigenvalue weighted by molar-refractivity contribution is 1.01. The predicted octanol–water partition coefficient (Wildman–Crippen LogP) is 8.80. The molecule has 34 heavy (non-hydrogen) atoms. The van der Waals surface area contributed by atoms with Gasteiger partial charge in [0.25, 0.3) is 0 Å². The molecule has 0 saturated carbocycles. The van der Waals surface area contributed by atoms with Crippen LogP contribution in [0.2, 0.25) is 0 Å². The lowest BCUT2D eigenvalue weighted by Gasteiger charge is -2.11. The Labute approximate surface area is 212 Å². The zero-order valence-electron chi connectivity index (χ0n) is 17.9. The summed E-state index contributed by atoms with van der Waals surface area (Å²) in [7, 11) is 0. The van der Waals surface area contributed by atoms with Crippen molar-refractivity contribution in [1.29, 1.82) is 0 Å². The molecule has 0 bridgehead atoms. The summed E-state index contributed by atoms with van der Waals surface area (Å²) in [6.07, 6.45) is 0. The molecule has 0 aliphatic rings. The zero-order chi connectivity index (χ0) is 22.8. The minimum absolute atomic E-state index is 0.897. The quantitative estimate of drug-likeness (QED) is 0.205. The largest absolute Gasteiger partial charge is 0.294 e. The van der Waals surface area contributed by atoms with Crippen LogP contribution >= 0.6 is 31.9 Å². The van der Waals surface area contributed by atoms with Crippen LogP contribution in [0.1, 0.15) is 0 Å². The number of hydrogen-bond acceptors (Lipinski definition) is 1. The second kappa shape index (κ2) is 7.55. The molecule has 0 fully saturated rings. The van der Waals surface area contributed by atoms with E-state index in [0.29, 0.717) is 0 Å². The molecule has 3 nitrogen and oxygen atoms in total. The maximum atomic E-state index is 5.21. The minimum Gasteiger partial charge on any atom is -0.294 e. The Bertz CT molecular complexity index is 1760. The van der Waals surface area contributed by atoms with E-state index in [0.717, 1.165) is 42.6 Å². The first-order chi connectivity index (χ1) is 16.7. The SMILES string of the molecule is Brc1ccc2c(c1)c1ccccc1n2-c1cccc(-n2c3ccccc3c3cc(Br)ccc32)n1. The lowest BCUT2D eigenvalue weighted by Crippen LogP contribution is -2.03. The van der Waals surface area contributed by atoms with Gasteiger partial charge in [-0.3, -0.25) is 9.13 Å².